The number of nitrogens with one attached hydrogen (secondary N) is 1. The van der Waals surface area contributed by atoms with Gasteiger partial charge in [-0.3, -0.25) is 9.40 Å². The summed E-state index contributed by atoms with van der Waals surface area (Å²) < 4.78 is 28.4. The topological polar surface area (TPSA) is 65.4 Å². The van der Waals surface area contributed by atoms with Gasteiger partial charge in [-0.05, 0) is 33.8 Å². The fourth-order valence-electron chi connectivity index (χ4n) is 2.74. The fourth-order valence-corrected chi connectivity index (χ4v) is 3.16. The molecule has 0 amide bonds. The number of rotatable bonds is 3. The zero-order valence-corrected chi connectivity index (χ0v) is 15.2. The molecule has 1 saturated heterocycles. The highest BCUT2D eigenvalue weighted by Gasteiger charge is 2.52. The molecule has 1 aromatic carbocycles. The van der Waals surface area contributed by atoms with Crippen molar-refractivity contribution in [3.63, 3.8) is 0 Å². The van der Waals surface area contributed by atoms with Crippen molar-refractivity contribution in [2.75, 3.05) is 11.0 Å². The maximum absolute atomic E-state index is 11.5. The average Bonchev–Trinajstić information content (AvgIpc) is 2.84. The van der Waals surface area contributed by atoms with E-state index >= 15 is 0 Å². The van der Waals surface area contributed by atoms with Gasteiger partial charge in [-0.2, -0.15) is 5.10 Å². The van der Waals surface area contributed by atoms with Gasteiger partial charge in [0.1, 0.15) is 11.0 Å². The molecule has 1 aliphatic heterocycles. The van der Waals surface area contributed by atoms with E-state index < -0.39 is 29.3 Å². The van der Waals surface area contributed by atoms with E-state index in [1.54, 1.807) is 10.9 Å². The maximum Gasteiger partial charge on any atom is 0.497 e. The Morgan fingerprint density at radius 3 is 2.39 bits per heavy atom. The Kier molecular flexibility index (Phi) is 3.82. The van der Waals surface area contributed by atoms with Gasteiger partial charge in [0.15, 0.2) is 5.82 Å². The normalized spacial score (nSPS) is 20.9. The van der Waals surface area contributed by atoms with Crippen molar-refractivity contribution in [2.24, 2.45) is 7.05 Å². The van der Waals surface area contributed by atoms with Crippen LogP contribution in [0, 0.1) is 0 Å². The summed E-state index contributed by atoms with van der Waals surface area (Å²) in [6.07, 6.45) is 1.58. The Labute approximate surface area is 139 Å². The van der Waals surface area contributed by atoms with E-state index in [1.807, 2.05) is 52.9 Å². The zero-order chi connectivity index (χ0) is 17.0. The van der Waals surface area contributed by atoms with Crippen molar-refractivity contribution >= 4 is 40.3 Å². The van der Waals surface area contributed by atoms with Crippen molar-refractivity contribution in [3.05, 3.63) is 18.2 Å². The largest absolute Gasteiger partial charge is 0.497 e. The van der Waals surface area contributed by atoms with E-state index in [2.05, 4.69) is 9.82 Å². The number of anilines is 1. The molecule has 1 aromatic heterocycles. The van der Waals surface area contributed by atoms with Crippen LogP contribution in [0.1, 0.15) is 27.7 Å². The van der Waals surface area contributed by atoms with Gasteiger partial charge in [-0.1, -0.05) is 12.1 Å². The molecular weight excluding hydrogens is 313 g/mol. The first-order valence-corrected chi connectivity index (χ1v) is 9.09. The summed E-state index contributed by atoms with van der Waals surface area (Å²) in [4.78, 5) is 0. The van der Waals surface area contributed by atoms with Gasteiger partial charge in [0, 0.05) is 24.2 Å². The molecule has 124 valence electrons. The molecule has 1 aliphatic rings. The number of nitrogens with zero attached hydrogens (tertiary/aromatic N) is 2. The van der Waals surface area contributed by atoms with E-state index in [4.69, 9.17) is 9.31 Å². The number of hydrogen-bond acceptors (Lipinski definition) is 4. The molecule has 23 heavy (non-hydrogen) atoms. The molecule has 0 spiro atoms. The number of aromatic nitrogens is 2. The average molecular weight is 335 g/mol. The number of para-hydroxylation sites is 1. The minimum absolute atomic E-state index is 0.398. The first-order valence-electron chi connectivity index (χ1n) is 7.54. The third kappa shape index (κ3) is 2.68. The summed E-state index contributed by atoms with van der Waals surface area (Å²) in [5.74, 6) is 0.599. The van der Waals surface area contributed by atoms with E-state index in [1.165, 1.54) is 0 Å². The van der Waals surface area contributed by atoms with Crippen LogP contribution in [-0.4, -0.2) is 38.6 Å². The minimum Gasteiger partial charge on any atom is -0.399 e. The molecular formula is C15H22BN3O3S. The quantitative estimate of drug-likeness (QED) is 0.865. The third-order valence-corrected chi connectivity index (χ3v) is 5.12. The second-order valence-corrected chi connectivity index (χ2v) is 7.97. The van der Waals surface area contributed by atoms with Crippen LogP contribution in [0.15, 0.2) is 18.2 Å². The second kappa shape index (κ2) is 5.32. The Hall–Kier alpha value is -1.38. The van der Waals surface area contributed by atoms with Crippen LogP contribution in [-0.2, 0) is 27.3 Å². The van der Waals surface area contributed by atoms with Crippen molar-refractivity contribution < 1.29 is 13.5 Å². The van der Waals surface area contributed by atoms with Crippen molar-refractivity contribution in [3.8, 4) is 0 Å². The van der Waals surface area contributed by atoms with Gasteiger partial charge in [-0.25, -0.2) is 4.21 Å². The van der Waals surface area contributed by atoms with Gasteiger partial charge < -0.3 is 9.31 Å². The summed E-state index contributed by atoms with van der Waals surface area (Å²) in [6.45, 7) is 8.13. The van der Waals surface area contributed by atoms with Gasteiger partial charge in [0.2, 0.25) is 0 Å². The molecule has 6 nitrogen and oxygen atoms in total. The van der Waals surface area contributed by atoms with Crippen LogP contribution < -0.4 is 10.2 Å². The predicted molar refractivity (Wildman–Crippen MR) is 94.1 cm³/mol. The number of hydrogen-bond donors (Lipinski definition) is 1. The Morgan fingerprint density at radius 2 is 1.83 bits per heavy atom. The molecule has 0 aliphatic carbocycles. The number of benzene rings is 1. The summed E-state index contributed by atoms with van der Waals surface area (Å²) in [6, 6.07) is 5.87. The standard InChI is InChI=1S/C15H22BN3O3S/c1-14(2)15(3,4)22-16(21-14)11-9-7-8-10-12(11)19(5)17-13(10)18-23(6)20/h7-9H,1-6H3,(H,17,18). The molecule has 1 unspecified atom stereocenters. The van der Waals surface area contributed by atoms with Gasteiger partial charge in [-0.15, -0.1) is 0 Å². The predicted octanol–water partition coefficient (Wildman–Crippen LogP) is 1.58. The summed E-state index contributed by atoms with van der Waals surface area (Å²) >= 11 is 0. The van der Waals surface area contributed by atoms with E-state index in [9.17, 15) is 4.21 Å². The Bertz CT molecular complexity index is 772. The molecule has 1 atom stereocenters. The molecule has 3 rings (SSSR count). The van der Waals surface area contributed by atoms with Crippen LogP contribution in [0.4, 0.5) is 5.82 Å². The maximum atomic E-state index is 11.5. The lowest BCUT2D eigenvalue weighted by molar-refractivity contribution is 0.00578. The lowest BCUT2D eigenvalue weighted by Gasteiger charge is -2.32. The summed E-state index contributed by atoms with van der Waals surface area (Å²) in [5, 5.41) is 5.33. The Balaban J connectivity index is 2.10. The van der Waals surface area contributed by atoms with Gasteiger partial charge >= 0.3 is 7.12 Å². The first-order chi connectivity index (χ1) is 10.6. The Morgan fingerprint density at radius 1 is 1.22 bits per heavy atom. The lowest BCUT2D eigenvalue weighted by Crippen LogP contribution is -2.41. The molecule has 1 N–H and O–H groups in total. The van der Waals surface area contributed by atoms with Crippen LogP contribution >= 0.6 is 0 Å². The molecule has 2 aromatic rings. The minimum atomic E-state index is -1.18. The van der Waals surface area contributed by atoms with E-state index in [0.717, 1.165) is 16.4 Å². The van der Waals surface area contributed by atoms with Crippen molar-refractivity contribution in [1.82, 2.24) is 9.78 Å². The van der Waals surface area contributed by atoms with Crippen LogP contribution in [0.2, 0.25) is 0 Å². The van der Waals surface area contributed by atoms with Crippen molar-refractivity contribution in [2.45, 2.75) is 38.9 Å². The van der Waals surface area contributed by atoms with Crippen LogP contribution in [0.5, 0.6) is 0 Å². The molecule has 0 bridgehead atoms. The van der Waals surface area contributed by atoms with Gasteiger partial charge in [0.05, 0.1) is 16.7 Å². The highest BCUT2D eigenvalue weighted by molar-refractivity contribution is 7.85. The second-order valence-electron chi connectivity index (χ2n) is 6.86. The highest BCUT2D eigenvalue weighted by atomic mass is 32.2. The summed E-state index contributed by atoms with van der Waals surface area (Å²) in [5.41, 5.74) is 1.04. The van der Waals surface area contributed by atoms with Crippen LogP contribution in [0.25, 0.3) is 10.9 Å². The highest BCUT2D eigenvalue weighted by Crippen LogP contribution is 2.37. The zero-order valence-electron chi connectivity index (χ0n) is 14.3. The number of fused-ring (bicyclic) bond motifs is 1. The SMILES string of the molecule is Cn1nc(NS(C)=O)c2cccc(B3OC(C)(C)C(C)(C)O3)c21. The van der Waals surface area contributed by atoms with E-state index in [-0.39, 0.29) is 0 Å². The molecule has 1 fully saturated rings. The summed E-state index contributed by atoms with van der Waals surface area (Å²) in [7, 11) is 0.222. The fraction of sp³-hybridized carbons (Fsp3) is 0.533. The smallest absolute Gasteiger partial charge is 0.399 e. The first kappa shape index (κ1) is 16.5. The van der Waals surface area contributed by atoms with Crippen molar-refractivity contribution in [1.29, 1.82) is 0 Å². The molecule has 0 radical (unpaired) electrons. The molecule has 2 heterocycles. The molecule has 8 heteroatoms. The monoisotopic (exact) mass is 335 g/mol. The lowest BCUT2D eigenvalue weighted by atomic mass is 9.78. The third-order valence-electron chi connectivity index (χ3n) is 4.64. The van der Waals surface area contributed by atoms with Crippen LogP contribution in [0.3, 0.4) is 0 Å². The number of aryl methyl sites for hydroxylation is 1. The van der Waals surface area contributed by atoms with E-state index in [0.29, 0.717) is 5.82 Å². The molecule has 0 saturated carbocycles. The van der Waals surface area contributed by atoms with Gasteiger partial charge in [0.25, 0.3) is 0 Å².